The standard InChI is InChI=1S/C17H14F2O5/c1-21-13-6-5-11(14(22-2)15(13)24-17(18)19)9-3-4-12-10(7-9)8-23-16(12)20/h3-7,17H,8H2,1-2H3. The van der Waals surface area contributed by atoms with E-state index in [1.807, 2.05) is 0 Å². The zero-order valence-electron chi connectivity index (χ0n) is 13.0. The van der Waals surface area contributed by atoms with Gasteiger partial charge in [-0.1, -0.05) is 6.07 Å². The molecule has 0 unspecified atom stereocenters. The van der Waals surface area contributed by atoms with Crippen LogP contribution in [0.2, 0.25) is 0 Å². The maximum Gasteiger partial charge on any atom is 0.387 e. The molecule has 0 saturated heterocycles. The predicted molar refractivity (Wildman–Crippen MR) is 80.7 cm³/mol. The Hall–Kier alpha value is -2.83. The first-order valence-electron chi connectivity index (χ1n) is 7.05. The number of fused-ring (bicyclic) bond motifs is 1. The second-order valence-corrected chi connectivity index (χ2v) is 5.00. The molecule has 0 amide bonds. The van der Waals surface area contributed by atoms with Crippen LogP contribution in [0.15, 0.2) is 30.3 Å². The quantitative estimate of drug-likeness (QED) is 0.780. The van der Waals surface area contributed by atoms with Gasteiger partial charge in [0.1, 0.15) is 6.61 Å². The molecule has 2 aromatic carbocycles. The van der Waals surface area contributed by atoms with Gasteiger partial charge in [0.05, 0.1) is 19.8 Å². The van der Waals surface area contributed by atoms with Gasteiger partial charge in [-0.3, -0.25) is 0 Å². The third kappa shape index (κ3) is 2.73. The highest BCUT2D eigenvalue weighted by molar-refractivity contribution is 5.94. The van der Waals surface area contributed by atoms with Crippen molar-refractivity contribution in [3.63, 3.8) is 0 Å². The van der Waals surface area contributed by atoms with Gasteiger partial charge in [0, 0.05) is 11.1 Å². The SMILES string of the molecule is COc1ccc(-c2ccc3c(c2)COC3=O)c(OC)c1OC(F)F. The molecule has 0 fully saturated rings. The zero-order chi connectivity index (χ0) is 17.3. The third-order valence-electron chi connectivity index (χ3n) is 3.70. The van der Waals surface area contributed by atoms with E-state index in [9.17, 15) is 13.6 Å². The molecule has 1 aliphatic rings. The summed E-state index contributed by atoms with van der Waals surface area (Å²) in [6.45, 7) is -2.84. The number of rotatable bonds is 5. The molecule has 1 heterocycles. The van der Waals surface area contributed by atoms with Crippen molar-refractivity contribution in [1.82, 2.24) is 0 Å². The summed E-state index contributed by atoms with van der Waals surface area (Å²) in [5.41, 5.74) is 2.45. The summed E-state index contributed by atoms with van der Waals surface area (Å²) >= 11 is 0. The number of hydrogen-bond donors (Lipinski definition) is 0. The van der Waals surface area contributed by atoms with Crippen LogP contribution >= 0.6 is 0 Å². The zero-order valence-corrected chi connectivity index (χ0v) is 13.0. The smallest absolute Gasteiger partial charge is 0.387 e. The number of hydrogen-bond acceptors (Lipinski definition) is 5. The molecule has 0 aromatic heterocycles. The van der Waals surface area contributed by atoms with Gasteiger partial charge in [-0.05, 0) is 29.8 Å². The first-order chi connectivity index (χ1) is 11.5. The largest absolute Gasteiger partial charge is 0.493 e. The van der Waals surface area contributed by atoms with Crippen molar-refractivity contribution < 1.29 is 32.5 Å². The molecule has 0 spiro atoms. The summed E-state index contributed by atoms with van der Waals surface area (Å²) < 4.78 is 45.3. The minimum absolute atomic E-state index is 0.125. The number of cyclic esters (lactones) is 1. The Morgan fingerprint density at radius 1 is 1.04 bits per heavy atom. The molecular formula is C17H14F2O5. The van der Waals surface area contributed by atoms with Crippen LogP contribution < -0.4 is 14.2 Å². The first kappa shape index (κ1) is 16.0. The Morgan fingerprint density at radius 3 is 2.46 bits per heavy atom. The number of carbonyl (C=O) groups is 1. The van der Waals surface area contributed by atoms with Gasteiger partial charge >= 0.3 is 12.6 Å². The Balaban J connectivity index is 2.13. The summed E-state index contributed by atoms with van der Waals surface area (Å²) in [5, 5.41) is 0. The van der Waals surface area contributed by atoms with Crippen LogP contribution in [0.5, 0.6) is 17.2 Å². The molecule has 3 rings (SSSR count). The van der Waals surface area contributed by atoms with E-state index in [0.29, 0.717) is 16.7 Å². The van der Waals surface area contributed by atoms with Gasteiger partial charge in [0.2, 0.25) is 5.75 Å². The van der Waals surface area contributed by atoms with E-state index >= 15 is 0 Å². The highest BCUT2D eigenvalue weighted by Crippen LogP contribution is 2.45. The Labute approximate surface area is 136 Å². The van der Waals surface area contributed by atoms with Gasteiger partial charge < -0.3 is 18.9 Å². The lowest BCUT2D eigenvalue weighted by Crippen LogP contribution is -2.06. The van der Waals surface area contributed by atoms with Crippen molar-refractivity contribution in [1.29, 1.82) is 0 Å². The minimum Gasteiger partial charge on any atom is -0.493 e. The highest BCUT2D eigenvalue weighted by Gasteiger charge is 2.24. The number of carbonyl (C=O) groups excluding carboxylic acids is 1. The van der Waals surface area contributed by atoms with Crippen molar-refractivity contribution in [3.8, 4) is 28.4 Å². The highest BCUT2D eigenvalue weighted by atomic mass is 19.3. The summed E-state index contributed by atoms with van der Waals surface area (Å²) in [5.74, 6) is -0.296. The van der Waals surface area contributed by atoms with Gasteiger partial charge in [-0.25, -0.2) is 4.79 Å². The van der Waals surface area contributed by atoms with E-state index in [2.05, 4.69) is 4.74 Å². The van der Waals surface area contributed by atoms with E-state index in [0.717, 1.165) is 5.56 Å². The van der Waals surface area contributed by atoms with Crippen LogP contribution in [0.1, 0.15) is 15.9 Å². The molecule has 0 atom stereocenters. The van der Waals surface area contributed by atoms with Crippen LogP contribution in [0, 0.1) is 0 Å². The second-order valence-electron chi connectivity index (χ2n) is 5.00. The lowest BCUT2D eigenvalue weighted by Gasteiger charge is -2.17. The summed E-state index contributed by atoms with van der Waals surface area (Å²) in [6.07, 6.45) is 0. The molecule has 7 heteroatoms. The van der Waals surface area contributed by atoms with Crippen LogP contribution in [-0.2, 0) is 11.3 Å². The van der Waals surface area contributed by atoms with Crippen LogP contribution in [-0.4, -0.2) is 26.8 Å². The van der Waals surface area contributed by atoms with E-state index < -0.39 is 6.61 Å². The van der Waals surface area contributed by atoms with Crippen molar-refractivity contribution in [2.75, 3.05) is 14.2 Å². The van der Waals surface area contributed by atoms with Crippen LogP contribution in [0.4, 0.5) is 8.78 Å². The van der Waals surface area contributed by atoms with Crippen molar-refractivity contribution >= 4 is 5.97 Å². The van der Waals surface area contributed by atoms with E-state index in [1.165, 1.54) is 20.3 Å². The normalized spacial score (nSPS) is 12.8. The Kier molecular flexibility index (Phi) is 4.24. The van der Waals surface area contributed by atoms with Crippen LogP contribution in [0.3, 0.4) is 0 Å². The third-order valence-corrected chi connectivity index (χ3v) is 3.70. The predicted octanol–water partition coefficient (Wildman–Crippen LogP) is 3.64. The monoisotopic (exact) mass is 336 g/mol. The molecular weight excluding hydrogens is 322 g/mol. The number of esters is 1. The van der Waals surface area contributed by atoms with Crippen molar-refractivity contribution in [2.45, 2.75) is 13.2 Å². The van der Waals surface area contributed by atoms with E-state index in [1.54, 1.807) is 24.3 Å². The molecule has 0 N–H and O–H groups in total. The molecule has 1 aliphatic heterocycles. The van der Waals surface area contributed by atoms with Crippen molar-refractivity contribution in [2.24, 2.45) is 0 Å². The molecule has 126 valence electrons. The number of methoxy groups -OCH3 is 2. The minimum atomic E-state index is -3.02. The molecule has 0 aliphatic carbocycles. The van der Waals surface area contributed by atoms with Crippen molar-refractivity contribution in [3.05, 3.63) is 41.5 Å². The molecule has 5 nitrogen and oxygen atoms in total. The molecule has 0 saturated carbocycles. The second kappa shape index (κ2) is 6.35. The fraction of sp³-hybridized carbons (Fsp3) is 0.235. The fourth-order valence-corrected chi connectivity index (χ4v) is 2.64. The molecule has 0 bridgehead atoms. The van der Waals surface area contributed by atoms with Gasteiger partial charge in [0.15, 0.2) is 11.5 Å². The average molecular weight is 336 g/mol. The lowest BCUT2D eigenvalue weighted by atomic mass is 9.99. The van der Waals surface area contributed by atoms with Gasteiger partial charge in [-0.2, -0.15) is 8.78 Å². The maximum absolute atomic E-state index is 12.7. The number of benzene rings is 2. The number of alkyl halides is 2. The average Bonchev–Trinajstić information content (AvgIpc) is 2.94. The maximum atomic E-state index is 12.7. The summed E-state index contributed by atoms with van der Waals surface area (Å²) in [6, 6.07) is 8.29. The molecule has 0 radical (unpaired) electrons. The molecule has 2 aromatic rings. The van der Waals surface area contributed by atoms with Gasteiger partial charge in [-0.15, -0.1) is 0 Å². The fourth-order valence-electron chi connectivity index (χ4n) is 2.64. The van der Waals surface area contributed by atoms with E-state index in [4.69, 9.17) is 14.2 Å². The topological polar surface area (TPSA) is 54.0 Å². The Morgan fingerprint density at radius 2 is 1.79 bits per heavy atom. The summed E-state index contributed by atoms with van der Waals surface area (Å²) in [4.78, 5) is 11.5. The van der Waals surface area contributed by atoms with Crippen LogP contribution in [0.25, 0.3) is 11.1 Å². The lowest BCUT2D eigenvalue weighted by molar-refractivity contribution is -0.0525. The number of halogens is 2. The Bertz CT molecular complexity index is 789. The molecule has 24 heavy (non-hydrogen) atoms. The van der Waals surface area contributed by atoms with E-state index in [-0.39, 0.29) is 29.8 Å². The summed E-state index contributed by atoms with van der Waals surface area (Å²) in [7, 11) is 2.71. The van der Waals surface area contributed by atoms with Gasteiger partial charge in [0.25, 0.3) is 0 Å². The number of ether oxygens (including phenoxy) is 4. The first-order valence-corrected chi connectivity index (χ1v) is 7.05.